The van der Waals surface area contributed by atoms with E-state index in [0.29, 0.717) is 16.1 Å². The largest absolute Gasteiger partial charge is 0.483 e. The number of hydrogen-bond donors (Lipinski definition) is 1. The molecule has 1 amide bonds. The first-order valence-electron chi connectivity index (χ1n) is 12.8. The molecule has 0 spiro atoms. The Bertz CT molecular complexity index is 1130. The lowest BCUT2D eigenvalue weighted by molar-refractivity contribution is -0.122. The molecule has 0 fully saturated rings. The Balaban J connectivity index is 0.00000179. The van der Waals surface area contributed by atoms with E-state index in [4.69, 9.17) is 31.2 Å². The maximum Gasteiger partial charge on any atom is 0.421 e. The zero-order valence-electron chi connectivity index (χ0n) is 24.5. The predicted molar refractivity (Wildman–Crippen MR) is 165 cm³/mol. The quantitative estimate of drug-likeness (QED) is 0.303. The summed E-state index contributed by atoms with van der Waals surface area (Å²) in [5.74, 6) is 0.450. The Morgan fingerprint density at radius 3 is 2.18 bits per heavy atom. The van der Waals surface area contributed by atoms with Crippen LogP contribution in [0.2, 0.25) is 5.02 Å². The zero-order chi connectivity index (χ0) is 29.6. The second kappa shape index (κ2) is 17.2. The van der Waals surface area contributed by atoms with Crippen molar-refractivity contribution in [3.63, 3.8) is 0 Å². The standard InChI is InChI=1S/C24H29ClN2O2S2.2C2H6.CH2O2/c1-14(2)12-20-21(17-9-8-15(3)18(25)13-17)26-22(31-20)27(19-10-11-30-16(19)4)23(28)29-24(5,6)7;2*1-2;2-1-3/h8-11,13-14H,12H2,1-7H3;2*1-2H3;1H,(H,2,3). The number of amides is 1. The number of thiophene rings is 1. The van der Waals surface area contributed by atoms with Crippen LogP contribution in [0.1, 0.15) is 77.6 Å². The minimum atomic E-state index is -0.607. The molecule has 212 valence electrons. The molecule has 2 heterocycles. The minimum absolute atomic E-state index is 0.250. The summed E-state index contributed by atoms with van der Waals surface area (Å²) >= 11 is 9.54. The van der Waals surface area contributed by atoms with Gasteiger partial charge in [0.05, 0.1) is 11.4 Å². The van der Waals surface area contributed by atoms with E-state index in [1.54, 1.807) is 16.2 Å². The van der Waals surface area contributed by atoms with Crippen molar-refractivity contribution in [2.24, 2.45) is 5.92 Å². The van der Waals surface area contributed by atoms with Crippen LogP contribution in [0.15, 0.2) is 29.6 Å². The number of aryl methyl sites for hydroxylation is 2. The Morgan fingerprint density at radius 1 is 1.16 bits per heavy atom. The van der Waals surface area contributed by atoms with Crippen molar-refractivity contribution in [3.05, 3.63) is 50.0 Å². The summed E-state index contributed by atoms with van der Waals surface area (Å²) in [6, 6.07) is 7.94. The number of nitrogens with zero attached hydrogens (tertiary/aromatic N) is 2. The third kappa shape index (κ3) is 10.8. The second-order valence-electron chi connectivity index (χ2n) is 9.11. The van der Waals surface area contributed by atoms with Crippen LogP contribution in [0, 0.1) is 19.8 Å². The van der Waals surface area contributed by atoms with E-state index >= 15 is 0 Å². The Labute approximate surface area is 241 Å². The highest BCUT2D eigenvalue weighted by Gasteiger charge is 2.30. The van der Waals surface area contributed by atoms with Crippen molar-refractivity contribution in [1.29, 1.82) is 0 Å². The summed E-state index contributed by atoms with van der Waals surface area (Å²) < 4.78 is 5.74. The van der Waals surface area contributed by atoms with Crippen LogP contribution in [0.25, 0.3) is 11.3 Å². The van der Waals surface area contributed by atoms with Gasteiger partial charge in [0.15, 0.2) is 5.13 Å². The highest BCUT2D eigenvalue weighted by Crippen LogP contribution is 2.41. The number of carbonyl (C=O) groups is 2. The molecule has 0 aliphatic carbocycles. The van der Waals surface area contributed by atoms with E-state index in [1.165, 1.54) is 11.3 Å². The minimum Gasteiger partial charge on any atom is -0.483 e. The highest BCUT2D eigenvalue weighted by atomic mass is 35.5. The van der Waals surface area contributed by atoms with Gasteiger partial charge in [0, 0.05) is 20.3 Å². The van der Waals surface area contributed by atoms with Gasteiger partial charge in [-0.15, -0.1) is 22.7 Å². The molecule has 0 aliphatic rings. The van der Waals surface area contributed by atoms with Gasteiger partial charge in [-0.1, -0.05) is 65.3 Å². The van der Waals surface area contributed by atoms with Crippen molar-refractivity contribution in [3.8, 4) is 11.3 Å². The highest BCUT2D eigenvalue weighted by molar-refractivity contribution is 7.16. The monoisotopic (exact) mass is 582 g/mol. The fourth-order valence-electron chi connectivity index (χ4n) is 3.11. The fraction of sp³-hybridized carbons (Fsp3) is 0.483. The molecule has 0 unspecified atom stereocenters. The Hall–Kier alpha value is -2.42. The molecule has 3 rings (SSSR count). The lowest BCUT2D eigenvalue weighted by atomic mass is 10.0. The summed E-state index contributed by atoms with van der Waals surface area (Å²) in [5.41, 5.74) is 3.05. The molecular formula is C29H43ClN2O4S2. The number of benzene rings is 1. The number of anilines is 2. The van der Waals surface area contributed by atoms with E-state index < -0.39 is 11.7 Å². The van der Waals surface area contributed by atoms with E-state index in [9.17, 15) is 4.79 Å². The molecule has 1 aromatic carbocycles. The molecule has 0 saturated heterocycles. The molecule has 38 heavy (non-hydrogen) atoms. The smallest absolute Gasteiger partial charge is 0.421 e. The summed E-state index contributed by atoms with van der Waals surface area (Å²) in [7, 11) is 0. The number of carbonyl (C=O) groups excluding carboxylic acids is 1. The van der Waals surface area contributed by atoms with E-state index in [0.717, 1.165) is 38.7 Å². The average molecular weight is 583 g/mol. The Kier molecular flexibility index (Phi) is 16.1. The molecule has 6 nitrogen and oxygen atoms in total. The second-order valence-corrected chi connectivity index (χ2v) is 11.7. The number of carboxylic acid groups (broad SMARTS) is 1. The average Bonchev–Trinajstić information content (AvgIpc) is 3.44. The maximum absolute atomic E-state index is 13.2. The molecule has 0 saturated carbocycles. The Morgan fingerprint density at radius 2 is 1.74 bits per heavy atom. The van der Waals surface area contributed by atoms with Gasteiger partial charge in [-0.2, -0.15) is 0 Å². The lowest BCUT2D eigenvalue weighted by Gasteiger charge is -2.25. The van der Waals surface area contributed by atoms with Gasteiger partial charge < -0.3 is 9.84 Å². The van der Waals surface area contributed by atoms with E-state index in [1.807, 2.05) is 92.0 Å². The number of ether oxygens (including phenoxy) is 1. The van der Waals surface area contributed by atoms with Gasteiger partial charge in [-0.25, -0.2) is 14.7 Å². The van der Waals surface area contributed by atoms with Crippen LogP contribution in [-0.4, -0.2) is 28.3 Å². The molecule has 0 bridgehead atoms. The van der Waals surface area contributed by atoms with Crippen LogP contribution in [-0.2, 0) is 16.0 Å². The van der Waals surface area contributed by atoms with Crippen molar-refractivity contribution in [1.82, 2.24) is 4.98 Å². The molecule has 0 aliphatic heterocycles. The third-order valence-electron chi connectivity index (χ3n) is 4.56. The number of rotatable bonds is 5. The van der Waals surface area contributed by atoms with Gasteiger partial charge in [0.1, 0.15) is 5.60 Å². The SMILES string of the molecule is CC.CC.Cc1ccc(-c2nc(N(C(=O)OC(C)(C)C)c3ccsc3C)sc2CC(C)C)cc1Cl.O=CO. The van der Waals surface area contributed by atoms with Gasteiger partial charge in [0.25, 0.3) is 6.47 Å². The summed E-state index contributed by atoms with van der Waals surface area (Å²) in [5, 5.41) is 10.2. The first-order valence-corrected chi connectivity index (χ1v) is 14.9. The maximum atomic E-state index is 13.2. The summed E-state index contributed by atoms with van der Waals surface area (Å²) in [4.78, 5) is 30.3. The third-order valence-corrected chi connectivity index (χ3v) is 6.87. The van der Waals surface area contributed by atoms with Gasteiger partial charge >= 0.3 is 6.09 Å². The normalized spacial score (nSPS) is 10.2. The molecular weight excluding hydrogens is 540 g/mol. The molecule has 1 N–H and O–H groups in total. The molecule has 0 radical (unpaired) electrons. The summed E-state index contributed by atoms with van der Waals surface area (Å²) in [6.45, 7) is 21.7. The topological polar surface area (TPSA) is 79.7 Å². The predicted octanol–water partition coefficient (Wildman–Crippen LogP) is 10.2. The van der Waals surface area contributed by atoms with Crippen LogP contribution in [0.3, 0.4) is 0 Å². The molecule has 0 atom stereocenters. The van der Waals surface area contributed by atoms with Crippen molar-refractivity contribution < 1.29 is 19.4 Å². The van der Waals surface area contributed by atoms with Gasteiger partial charge in [0.2, 0.25) is 0 Å². The fourth-order valence-corrected chi connectivity index (χ4v) is 5.27. The van der Waals surface area contributed by atoms with Crippen LogP contribution in [0.5, 0.6) is 0 Å². The molecule has 3 aromatic rings. The van der Waals surface area contributed by atoms with Crippen LogP contribution >= 0.6 is 34.3 Å². The van der Waals surface area contributed by atoms with Crippen LogP contribution in [0.4, 0.5) is 15.6 Å². The number of aromatic nitrogens is 1. The molecule has 9 heteroatoms. The van der Waals surface area contributed by atoms with Crippen molar-refractivity contribution in [2.75, 3.05) is 4.90 Å². The number of hydrogen-bond acceptors (Lipinski definition) is 6. The van der Waals surface area contributed by atoms with Gasteiger partial charge in [-0.05, 0) is 70.0 Å². The molecule has 2 aromatic heterocycles. The summed E-state index contributed by atoms with van der Waals surface area (Å²) in [6.07, 6.45) is 0.441. The van der Waals surface area contributed by atoms with Gasteiger partial charge in [-0.3, -0.25) is 4.79 Å². The first kappa shape index (κ1) is 35.6. The van der Waals surface area contributed by atoms with Crippen molar-refractivity contribution in [2.45, 2.75) is 88.2 Å². The van der Waals surface area contributed by atoms with Crippen LogP contribution < -0.4 is 4.90 Å². The first-order chi connectivity index (χ1) is 17.9. The van der Waals surface area contributed by atoms with E-state index in [2.05, 4.69) is 13.8 Å². The van der Waals surface area contributed by atoms with Crippen molar-refractivity contribution >= 4 is 57.7 Å². The number of thiazole rings is 1. The lowest BCUT2D eigenvalue weighted by Crippen LogP contribution is -2.33. The van der Waals surface area contributed by atoms with E-state index in [-0.39, 0.29) is 6.47 Å². The number of halogens is 1. The zero-order valence-corrected chi connectivity index (χ0v) is 26.9.